The van der Waals surface area contributed by atoms with E-state index in [0.29, 0.717) is 25.3 Å². The fraction of sp³-hybridized carbons (Fsp3) is 0.611. The van der Waals surface area contributed by atoms with Crippen LogP contribution in [0.5, 0.6) is 0 Å². The molecule has 6 heteroatoms. The van der Waals surface area contributed by atoms with Crippen molar-refractivity contribution in [1.29, 1.82) is 0 Å². The third kappa shape index (κ3) is 3.86. The van der Waals surface area contributed by atoms with E-state index in [2.05, 4.69) is 10.3 Å². The lowest BCUT2D eigenvalue weighted by Crippen LogP contribution is -2.46. The number of aromatic nitrogens is 1. The molecule has 0 spiro atoms. The Hall–Kier alpha value is -2.11. The Morgan fingerprint density at radius 2 is 2.04 bits per heavy atom. The number of nitrogens with one attached hydrogen (secondary N) is 1. The van der Waals surface area contributed by atoms with Crippen LogP contribution in [0.25, 0.3) is 0 Å². The van der Waals surface area contributed by atoms with Gasteiger partial charge in [-0.3, -0.25) is 9.78 Å². The quantitative estimate of drug-likeness (QED) is 0.922. The molecule has 2 aliphatic rings. The zero-order valence-electron chi connectivity index (χ0n) is 14.2. The SMILES string of the molecule is CCOC(=O)N1CCC(NC(=O)c2cnc3c(c2)CCCC3)CC1. The van der Waals surface area contributed by atoms with Gasteiger partial charge in [0.2, 0.25) is 0 Å². The summed E-state index contributed by atoms with van der Waals surface area (Å²) in [6, 6.07) is 2.09. The van der Waals surface area contributed by atoms with E-state index in [4.69, 9.17) is 4.74 Å². The van der Waals surface area contributed by atoms with E-state index in [-0.39, 0.29) is 18.0 Å². The molecule has 6 nitrogen and oxygen atoms in total. The van der Waals surface area contributed by atoms with E-state index in [9.17, 15) is 9.59 Å². The van der Waals surface area contributed by atoms with Crippen LogP contribution in [-0.4, -0.2) is 47.6 Å². The van der Waals surface area contributed by atoms with Crippen LogP contribution in [0, 0.1) is 0 Å². The second kappa shape index (κ2) is 7.64. The lowest BCUT2D eigenvalue weighted by molar-refractivity contribution is 0.0859. The number of pyridine rings is 1. The predicted octanol–water partition coefficient (Wildman–Crippen LogP) is 2.31. The third-order valence-corrected chi connectivity index (χ3v) is 4.79. The fourth-order valence-electron chi connectivity index (χ4n) is 3.40. The van der Waals surface area contributed by atoms with Gasteiger partial charge in [-0.05, 0) is 57.1 Å². The molecule has 3 rings (SSSR count). The van der Waals surface area contributed by atoms with Gasteiger partial charge in [0.25, 0.3) is 5.91 Å². The van der Waals surface area contributed by atoms with Crippen LogP contribution < -0.4 is 5.32 Å². The molecule has 1 aliphatic carbocycles. The molecule has 1 N–H and O–H groups in total. The highest BCUT2D eigenvalue weighted by Crippen LogP contribution is 2.20. The van der Waals surface area contributed by atoms with E-state index < -0.39 is 0 Å². The molecule has 1 saturated heterocycles. The highest BCUT2D eigenvalue weighted by molar-refractivity contribution is 5.94. The van der Waals surface area contributed by atoms with Crippen LogP contribution in [0.2, 0.25) is 0 Å². The van der Waals surface area contributed by atoms with Gasteiger partial charge in [-0.2, -0.15) is 0 Å². The topological polar surface area (TPSA) is 71.5 Å². The number of aryl methyl sites for hydroxylation is 2. The van der Waals surface area contributed by atoms with Crippen molar-refractivity contribution in [2.45, 2.75) is 51.5 Å². The summed E-state index contributed by atoms with van der Waals surface area (Å²) >= 11 is 0. The van der Waals surface area contributed by atoms with Gasteiger partial charge in [-0.25, -0.2) is 4.79 Å². The lowest BCUT2D eigenvalue weighted by Gasteiger charge is -2.31. The number of fused-ring (bicyclic) bond motifs is 1. The average Bonchev–Trinajstić information content (AvgIpc) is 2.62. The number of amides is 2. The smallest absolute Gasteiger partial charge is 0.409 e. The van der Waals surface area contributed by atoms with Crippen molar-refractivity contribution in [3.8, 4) is 0 Å². The van der Waals surface area contributed by atoms with E-state index in [0.717, 1.165) is 31.4 Å². The Morgan fingerprint density at radius 3 is 2.79 bits per heavy atom. The summed E-state index contributed by atoms with van der Waals surface area (Å²) in [5.41, 5.74) is 3.00. The Balaban J connectivity index is 1.53. The molecule has 2 amide bonds. The Morgan fingerprint density at radius 1 is 1.29 bits per heavy atom. The first kappa shape index (κ1) is 16.7. The minimum absolute atomic E-state index is 0.0644. The van der Waals surface area contributed by atoms with Crippen molar-refractivity contribution in [2.24, 2.45) is 0 Å². The van der Waals surface area contributed by atoms with Gasteiger partial charge in [0.05, 0.1) is 12.2 Å². The molecule has 1 fully saturated rings. The summed E-state index contributed by atoms with van der Waals surface area (Å²) in [5.74, 6) is -0.0644. The predicted molar refractivity (Wildman–Crippen MR) is 90.0 cm³/mol. The average molecular weight is 331 g/mol. The third-order valence-electron chi connectivity index (χ3n) is 4.79. The molecule has 24 heavy (non-hydrogen) atoms. The standard InChI is InChI=1S/C18H25N3O3/c1-2-24-18(23)21-9-7-15(8-10-21)20-17(22)14-11-13-5-3-4-6-16(13)19-12-14/h11-12,15H,2-10H2,1H3,(H,20,22). The fourth-order valence-corrected chi connectivity index (χ4v) is 3.40. The molecule has 1 aromatic rings. The van der Waals surface area contributed by atoms with Crippen molar-refractivity contribution >= 4 is 12.0 Å². The number of piperidine rings is 1. The number of ether oxygens (including phenoxy) is 1. The van der Waals surface area contributed by atoms with Crippen LogP contribution >= 0.6 is 0 Å². The molecule has 0 radical (unpaired) electrons. The second-order valence-corrected chi connectivity index (χ2v) is 6.47. The summed E-state index contributed by atoms with van der Waals surface area (Å²) in [5, 5.41) is 3.08. The number of hydrogen-bond acceptors (Lipinski definition) is 4. The summed E-state index contributed by atoms with van der Waals surface area (Å²) in [7, 11) is 0. The molecular weight excluding hydrogens is 306 g/mol. The zero-order valence-corrected chi connectivity index (χ0v) is 14.2. The van der Waals surface area contributed by atoms with Crippen molar-refractivity contribution in [1.82, 2.24) is 15.2 Å². The highest BCUT2D eigenvalue weighted by atomic mass is 16.6. The van der Waals surface area contributed by atoms with Crippen molar-refractivity contribution in [2.75, 3.05) is 19.7 Å². The molecule has 0 bridgehead atoms. The Bertz CT molecular complexity index is 610. The molecule has 1 aliphatic heterocycles. The molecule has 2 heterocycles. The first-order valence-corrected chi connectivity index (χ1v) is 8.87. The van der Waals surface area contributed by atoms with Gasteiger partial charge in [-0.15, -0.1) is 0 Å². The first-order valence-electron chi connectivity index (χ1n) is 8.87. The van der Waals surface area contributed by atoms with Gasteiger partial charge in [0, 0.05) is 31.0 Å². The first-order chi connectivity index (χ1) is 11.7. The normalized spacial score (nSPS) is 18.0. The monoisotopic (exact) mass is 331 g/mol. The maximum absolute atomic E-state index is 12.5. The number of likely N-dealkylation sites (tertiary alicyclic amines) is 1. The van der Waals surface area contributed by atoms with Gasteiger partial charge in [-0.1, -0.05) is 0 Å². The molecule has 0 saturated carbocycles. The highest BCUT2D eigenvalue weighted by Gasteiger charge is 2.25. The Kier molecular flexibility index (Phi) is 5.33. The van der Waals surface area contributed by atoms with Crippen LogP contribution in [0.4, 0.5) is 4.79 Å². The van der Waals surface area contributed by atoms with Gasteiger partial charge >= 0.3 is 6.09 Å². The summed E-state index contributed by atoms with van der Waals surface area (Å²) < 4.78 is 5.01. The number of hydrogen-bond donors (Lipinski definition) is 1. The largest absolute Gasteiger partial charge is 0.450 e. The molecule has 0 unspecified atom stereocenters. The maximum Gasteiger partial charge on any atom is 0.409 e. The lowest BCUT2D eigenvalue weighted by atomic mass is 9.95. The van der Waals surface area contributed by atoms with Gasteiger partial charge < -0.3 is 15.0 Å². The van der Waals surface area contributed by atoms with E-state index in [1.54, 1.807) is 18.0 Å². The van der Waals surface area contributed by atoms with Crippen LogP contribution in [0.3, 0.4) is 0 Å². The summed E-state index contributed by atoms with van der Waals surface area (Å²) in [6.45, 7) is 3.43. The maximum atomic E-state index is 12.5. The minimum Gasteiger partial charge on any atom is -0.450 e. The summed E-state index contributed by atoms with van der Waals surface area (Å²) in [4.78, 5) is 30.3. The molecular formula is C18H25N3O3. The second-order valence-electron chi connectivity index (χ2n) is 6.47. The molecule has 1 aromatic heterocycles. The van der Waals surface area contributed by atoms with Crippen molar-refractivity contribution in [3.05, 3.63) is 29.1 Å². The number of carbonyl (C=O) groups is 2. The van der Waals surface area contributed by atoms with Gasteiger partial charge in [0.1, 0.15) is 0 Å². The van der Waals surface area contributed by atoms with Crippen LogP contribution in [-0.2, 0) is 17.6 Å². The van der Waals surface area contributed by atoms with Crippen molar-refractivity contribution < 1.29 is 14.3 Å². The van der Waals surface area contributed by atoms with Crippen molar-refractivity contribution in [3.63, 3.8) is 0 Å². The molecule has 0 aromatic carbocycles. The van der Waals surface area contributed by atoms with Crippen LogP contribution in [0.15, 0.2) is 12.3 Å². The zero-order chi connectivity index (χ0) is 16.9. The van der Waals surface area contributed by atoms with E-state index in [1.807, 2.05) is 6.07 Å². The van der Waals surface area contributed by atoms with E-state index >= 15 is 0 Å². The summed E-state index contributed by atoms with van der Waals surface area (Å²) in [6.07, 6.45) is 7.32. The van der Waals surface area contributed by atoms with E-state index in [1.165, 1.54) is 18.4 Å². The van der Waals surface area contributed by atoms with Gasteiger partial charge in [0.15, 0.2) is 0 Å². The number of nitrogens with zero attached hydrogens (tertiary/aromatic N) is 2. The Labute approximate surface area is 142 Å². The number of rotatable bonds is 3. The molecule has 130 valence electrons. The van der Waals surface area contributed by atoms with Crippen LogP contribution in [0.1, 0.15) is 54.2 Å². The number of carbonyl (C=O) groups excluding carboxylic acids is 2. The molecule has 0 atom stereocenters. The minimum atomic E-state index is -0.263.